The van der Waals surface area contributed by atoms with E-state index in [1.807, 2.05) is 0 Å². The van der Waals surface area contributed by atoms with Gasteiger partial charge in [0, 0.05) is 21.5 Å². The number of benzene rings is 3. The molecule has 1 fully saturated rings. The molecule has 202 valence electrons. The number of fused-ring (bicyclic) bond motifs is 2. The van der Waals surface area contributed by atoms with Gasteiger partial charge in [-0.1, -0.05) is 46.8 Å². The van der Waals surface area contributed by atoms with Crippen molar-refractivity contribution in [1.29, 1.82) is 0 Å². The number of amides is 3. The van der Waals surface area contributed by atoms with Gasteiger partial charge in [-0.05, 0) is 66.2 Å². The molecule has 0 aliphatic carbocycles. The maximum atomic E-state index is 13.8. The number of aromatic amines is 1. The van der Waals surface area contributed by atoms with Crippen molar-refractivity contribution >= 4 is 63.8 Å². The molecule has 12 heteroatoms. The molecule has 2 aliphatic heterocycles. The van der Waals surface area contributed by atoms with Crippen molar-refractivity contribution in [2.75, 3.05) is 16.8 Å². The van der Waals surface area contributed by atoms with Gasteiger partial charge in [-0.15, -0.1) is 0 Å². The number of nitrogens with zero attached hydrogens (tertiary/aromatic N) is 1. The lowest BCUT2D eigenvalue weighted by atomic mass is 9.83. The molecule has 2 N–H and O–H groups in total. The van der Waals surface area contributed by atoms with Gasteiger partial charge in [-0.2, -0.15) is 0 Å². The van der Waals surface area contributed by atoms with E-state index in [0.29, 0.717) is 31.9 Å². The summed E-state index contributed by atoms with van der Waals surface area (Å²) in [5.41, 5.74) is 1.51. The molecule has 0 saturated carbocycles. The minimum Gasteiger partial charge on any atom is -0.484 e. The molecule has 0 radical (unpaired) electrons. The number of thiazole rings is 1. The third-order valence-corrected chi connectivity index (χ3v) is 9.28. The zero-order valence-corrected chi connectivity index (χ0v) is 22.8. The fourth-order valence-corrected chi connectivity index (χ4v) is 7.54. The van der Waals surface area contributed by atoms with Crippen LogP contribution in [0.1, 0.15) is 16.4 Å². The summed E-state index contributed by atoms with van der Waals surface area (Å²) in [6.45, 7) is -0.267. The Kier molecular flexibility index (Phi) is 6.95. The highest BCUT2D eigenvalue weighted by molar-refractivity contribution is 8.00. The Morgan fingerprint density at radius 2 is 1.77 bits per heavy atom. The molecule has 4 aromatic rings. The number of anilines is 2. The van der Waals surface area contributed by atoms with Crippen molar-refractivity contribution in [2.24, 2.45) is 5.92 Å². The van der Waals surface area contributed by atoms with E-state index in [1.165, 1.54) is 24.3 Å². The number of rotatable bonds is 6. The second-order valence-electron chi connectivity index (χ2n) is 9.15. The first-order chi connectivity index (χ1) is 19.3. The molecule has 1 aromatic heterocycles. The van der Waals surface area contributed by atoms with Crippen molar-refractivity contribution in [3.8, 4) is 5.75 Å². The topological polar surface area (TPSA) is 109 Å². The molecule has 3 atom stereocenters. The summed E-state index contributed by atoms with van der Waals surface area (Å²) in [4.78, 5) is 56.2. The minimum atomic E-state index is -0.801. The Morgan fingerprint density at radius 3 is 2.52 bits per heavy atom. The Bertz CT molecular complexity index is 1690. The lowest BCUT2D eigenvalue weighted by molar-refractivity contribution is -0.122. The Hall–Kier alpha value is -3.93. The largest absolute Gasteiger partial charge is 0.484 e. The Morgan fingerprint density at radius 1 is 1.02 bits per heavy atom. The number of thioether (sulfide) groups is 1. The number of aromatic nitrogens is 1. The maximum absolute atomic E-state index is 13.8. The van der Waals surface area contributed by atoms with Gasteiger partial charge in [-0.3, -0.25) is 19.2 Å². The van der Waals surface area contributed by atoms with E-state index in [-0.39, 0.29) is 23.1 Å². The number of halogens is 2. The van der Waals surface area contributed by atoms with Gasteiger partial charge in [0.1, 0.15) is 16.8 Å². The molecule has 1 saturated heterocycles. The number of ether oxygens (including phenoxy) is 1. The summed E-state index contributed by atoms with van der Waals surface area (Å²) >= 11 is 8.03. The molecule has 6 rings (SSSR count). The highest BCUT2D eigenvalue weighted by atomic mass is 35.5. The van der Waals surface area contributed by atoms with Gasteiger partial charge in [0.2, 0.25) is 11.8 Å². The van der Waals surface area contributed by atoms with Gasteiger partial charge >= 0.3 is 4.87 Å². The number of hydrogen-bond donors (Lipinski definition) is 2. The van der Waals surface area contributed by atoms with E-state index in [4.69, 9.17) is 16.3 Å². The predicted molar refractivity (Wildman–Crippen MR) is 151 cm³/mol. The van der Waals surface area contributed by atoms with Crippen LogP contribution in [0.25, 0.3) is 0 Å². The molecular weight excluding hydrogens is 577 g/mol. The van der Waals surface area contributed by atoms with E-state index >= 15 is 0 Å². The summed E-state index contributed by atoms with van der Waals surface area (Å²) in [6, 6.07) is 18.8. The van der Waals surface area contributed by atoms with Crippen molar-refractivity contribution < 1.29 is 23.5 Å². The number of imide groups is 1. The third kappa shape index (κ3) is 4.91. The van der Waals surface area contributed by atoms with Gasteiger partial charge in [0.25, 0.3) is 5.91 Å². The van der Waals surface area contributed by atoms with Crippen LogP contribution in [0.2, 0.25) is 5.02 Å². The van der Waals surface area contributed by atoms with Gasteiger partial charge in [0.05, 0.1) is 16.6 Å². The number of nitrogens with one attached hydrogen (secondary N) is 2. The number of carbonyl (C=O) groups excluding carboxylic acids is 3. The summed E-state index contributed by atoms with van der Waals surface area (Å²) in [5, 5.41) is 3.03. The molecule has 3 unspecified atom stereocenters. The quantitative estimate of drug-likeness (QED) is 0.302. The van der Waals surface area contributed by atoms with Crippen molar-refractivity contribution in [3.63, 3.8) is 0 Å². The summed E-state index contributed by atoms with van der Waals surface area (Å²) in [7, 11) is 0. The maximum Gasteiger partial charge on any atom is 0.305 e. The molecule has 3 aromatic carbocycles. The minimum absolute atomic E-state index is 0.267. The van der Waals surface area contributed by atoms with Crippen molar-refractivity contribution in [1.82, 2.24) is 4.98 Å². The molecule has 0 bridgehead atoms. The van der Waals surface area contributed by atoms with Gasteiger partial charge in [0.15, 0.2) is 6.61 Å². The summed E-state index contributed by atoms with van der Waals surface area (Å²) in [5.74, 6) is -2.75. The zero-order valence-electron chi connectivity index (χ0n) is 20.4. The first-order valence-electron chi connectivity index (χ1n) is 12.1. The Labute approximate surface area is 240 Å². The fraction of sp³-hybridized carbons (Fsp3) is 0.143. The first kappa shape index (κ1) is 26.3. The monoisotopic (exact) mass is 595 g/mol. The smallest absolute Gasteiger partial charge is 0.305 e. The summed E-state index contributed by atoms with van der Waals surface area (Å²) in [6.07, 6.45) is 0. The van der Waals surface area contributed by atoms with Crippen LogP contribution >= 0.6 is 34.7 Å². The fourth-order valence-electron chi connectivity index (χ4n) is 4.90. The van der Waals surface area contributed by atoms with Crippen molar-refractivity contribution in [3.05, 3.63) is 104 Å². The highest BCUT2D eigenvalue weighted by Crippen LogP contribution is 2.53. The molecular formula is C28H19ClFN3O5S2. The van der Waals surface area contributed by atoms with E-state index in [2.05, 4.69) is 10.3 Å². The molecule has 2 aliphatic rings. The van der Waals surface area contributed by atoms with Crippen LogP contribution in [0.15, 0.2) is 82.6 Å². The second kappa shape index (κ2) is 10.6. The zero-order chi connectivity index (χ0) is 28.0. The third-order valence-electron chi connectivity index (χ3n) is 6.62. The normalized spacial score (nSPS) is 19.8. The second-order valence-corrected chi connectivity index (χ2v) is 11.8. The van der Waals surface area contributed by atoms with Gasteiger partial charge < -0.3 is 15.0 Å². The average molecular weight is 596 g/mol. The number of carbonyl (C=O) groups is 3. The predicted octanol–water partition coefficient (Wildman–Crippen LogP) is 5.04. The van der Waals surface area contributed by atoms with Crippen LogP contribution in [0.5, 0.6) is 5.75 Å². The summed E-state index contributed by atoms with van der Waals surface area (Å²) < 4.78 is 19.3. The number of hydrogen-bond acceptors (Lipinski definition) is 7. The van der Waals surface area contributed by atoms with E-state index in [0.717, 1.165) is 28.0 Å². The molecule has 0 spiro atoms. The van der Waals surface area contributed by atoms with Crippen LogP contribution < -0.4 is 19.8 Å². The van der Waals surface area contributed by atoms with E-state index in [1.54, 1.807) is 48.5 Å². The lowest BCUT2D eigenvalue weighted by Gasteiger charge is -2.30. The van der Waals surface area contributed by atoms with Gasteiger partial charge in [-0.25, -0.2) is 9.29 Å². The standard InChI is InChI=1S/C28H19ClFN3O5S2/c29-15-4-8-17(9-5-15)31-20(34)13-38-19-3-1-2-14(12-19)21-22-24(39-25-23(21)40-28(37)32-25)27(36)33(26(22)35)18-10-6-16(30)7-11-18/h1-12,21-22,24H,13H2,(H,31,34)(H,32,37). The van der Waals surface area contributed by atoms with Crippen LogP contribution in [0, 0.1) is 11.7 Å². The van der Waals surface area contributed by atoms with E-state index < -0.39 is 34.7 Å². The molecule has 40 heavy (non-hydrogen) atoms. The van der Waals surface area contributed by atoms with Crippen LogP contribution in [0.3, 0.4) is 0 Å². The molecule has 3 heterocycles. The first-order valence-corrected chi connectivity index (χ1v) is 14.2. The molecule has 3 amide bonds. The SMILES string of the molecule is O=C(COc1cccc(C2c3sc(=O)[nH]c3SC3C(=O)N(c4ccc(F)cc4)C(=O)C32)c1)Nc1ccc(Cl)cc1. The number of H-pyrrole nitrogens is 1. The van der Waals surface area contributed by atoms with Crippen molar-refractivity contribution in [2.45, 2.75) is 16.2 Å². The van der Waals surface area contributed by atoms with E-state index in [9.17, 15) is 23.6 Å². The lowest BCUT2D eigenvalue weighted by Crippen LogP contribution is -2.32. The van der Waals surface area contributed by atoms with Crippen LogP contribution in [-0.4, -0.2) is 34.6 Å². The Balaban J connectivity index is 1.28. The highest BCUT2D eigenvalue weighted by Gasteiger charge is 2.56. The molecule has 8 nitrogen and oxygen atoms in total. The van der Waals surface area contributed by atoms with Crippen LogP contribution in [0.4, 0.5) is 15.8 Å². The average Bonchev–Trinajstić information content (AvgIpc) is 3.43. The van der Waals surface area contributed by atoms with Crippen LogP contribution in [-0.2, 0) is 14.4 Å².